The summed E-state index contributed by atoms with van der Waals surface area (Å²) in [4.78, 5) is 25.1. The summed E-state index contributed by atoms with van der Waals surface area (Å²) >= 11 is 0. The molecule has 122 valence electrons. The fraction of sp³-hybridized carbons (Fsp3) is 0.875. The Morgan fingerprint density at radius 1 is 1.19 bits per heavy atom. The Bertz CT molecular complexity index is 355. The highest BCUT2D eigenvalue weighted by molar-refractivity contribution is 5.76. The number of carbonyl (C=O) groups excluding carboxylic acids is 1. The maximum Gasteiger partial charge on any atom is 0.317 e. The lowest BCUT2D eigenvalue weighted by Gasteiger charge is -2.27. The smallest absolute Gasteiger partial charge is 0.317 e. The number of hydrogen-bond donors (Lipinski definition) is 2. The first-order valence-electron chi connectivity index (χ1n) is 8.08. The summed E-state index contributed by atoms with van der Waals surface area (Å²) < 4.78 is 0. The zero-order chi connectivity index (χ0) is 16.0. The van der Waals surface area contributed by atoms with Crippen LogP contribution >= 0.6 is 0 Å². The van der Waals surface area contributed by atoms with Gasteiger partial charge in [-0.05, 0) is 37.0 Å². The summed E-state index contributed by atoms with van der Waals surface area (Å²) in [5.74, 6) is 0.580. The van der Waals surface area contributed by atoms with Crippen LogP contribution in [0.4, 0.5) is 4.79 Å². The van der Waals surface area contributed by atoms with Crippen molar-refractivity contribution in [3.63, 3.8) is 0 Å². The third-order valence-corrected chi connectivity index (χ3v) is 4.51. The molecule has 0 saturated carbocycles. The van der Waals surface area contributed by atoms with Crippen LogP contribution in [0.5, 0.6) is 0 Å². The third kappa shape index (κ3) is 5.94. The van der Waals surface area contributed by atoms with Gasteiger partial charge in [-0.2, -0.15) is 0 Å². The van der Waals surface area contributed by atoms with Gasteiger partial charge in [0.1, 0.15) is 0 Å². The number of hydrogen-bond acceptors (Lipinski definition) is 2. The van der Waals surface area contributed by atoms with Gasteiger partial charge in [-0.3, -0.25) is 4.79 Å². The van der Waals surface area contributed by atoms with E-state index in [1.807, 2.05) is 18.7 Å². The number of carboxylic acid groups (broad SMARTS) is 1. The van der Waals surface area contributed by atoms with E-state index in [-0.39, 0.29) is 24.4 Å². The molecule has 2 atom stereocenters. The van der Waals surface area contributed by atoms with Crippen LogP contribution in [0, 0.1) is 17.8 Å². The maximum absolute atomic E-state index is 12.3. The number of urea groups is 1. The predicted octanol–water partition coefficient (Wildman–Crippen LogP) is 2.95. The Morgan fingerprint density at radius 2 is 1.86 bits per heavy atom. The van der Waals surface area contributed by atoms with Crippen LogP contribution in [0.3, 0.4) is 0 Å². The van der Waals surface area contributed by atoms with Crippen LogP contribution in [-0.2, 0) is 4.79 Å². The van der Waals surface area contributed by atoms with Gasteiger partial charge in [-0.25, -0.2) is 4.79 Å². The highest BCUT2D eigenvalue weighted by Crippen LogP contribution is 2.24. The van der Waals surface area contributed by atoms with Crippen molar-refractivity contribution in [2.75, 3.05) is 13.1 Å². The second-order valence-corrected chi connectivity index (χ2v) is 6.82. The van der Waals surface area contributed by atoms with Crippen molar-refractivity contribution >= 4 is 12.0 Å². The van der Waals surface area contributed by atoms with E-state index in [0.717, 1.165) is 25.9 Å². The van der Waals surface area contributed by atoms with E-state index < -0.39 is 5.97 Å². The lowest BCUT2D eigenvalue weighted by atomic mass is 9.89. The van der Waals surface area contributed by atoms with Gasteiger partial charge in [-0.1, -0.05) is 27.7 Å². The standard InChI is InChI=1S/C16H30N2O3/c1-11(2)13-6-5-8-18(9-7-13)16(21)17-14(12(3)4)10-15(19)20/h11-14H,5-10H2,1-4H3,(H,17,21)(H,19,20). The first kappa shape index (κ1) is 17.8. The molecular formula is C16H30N2O3. The Morgan fingerprint density at radius 3 is 2.38 bits per heavy atom. The molecule has 1 rings (SSSR count). The van der Waals surface area contributed by atoms with Crippen molar-refractivity contribution in [2.24, 2.45) is 17.8 Å². The topological polar surface area (TPSA) is 69.6 Å². The van der Waals surface area contributed by atoms with Crippen LogP contribution in [0.25, 0.3) is 0 Å². The van der Waals surface area contributed by atoms with Gasteiger partial charge in [-0.15, -0.1) is 0 Å². The average Bonchev–Trinajstić information content (AvgIpc) is 2.62. The van der Waals surface area contributed by atoms with Crippen LogP contribution in [-0.4, -0.2) is 41.1 Å². The van der Waals surface area contributed by atoms with E-state index in [1.165, 1.54) is 6.42 Å². The summed E-state index contributed by atoms with van der Waals surface area (Å²) in [5.41, 5.74) is 0. The molecule has 0 aromatic heterocycles. The fourth-order valence-electron chi connectivity index (χ4n) is 2.88. The summed E-state index contributed by atoms with van der Waals surface area (Å²) in [6.45, 7) is 9.89. The van der Waals surface area contributed by atoms with Gasteiger partial charge in [0.15, 0.2) is 0 Å². The number of nitrogens with zero attached hydrogens (tertiary/aromatic N) is 1. The highest BCUT2D eigenvalue weighted by atomic mass is 16.4. The van der Waals surface area contributed by atoms with E-state index in [9.17, 15) is 9.59 Å². The number of nitrogens with one attached hydrogen (secondary N) is 1. The van der Waals surface area contributed by atoms with E-state index >= 15 is 0 Å². The number of likely N-dealkylation sites (tertiary alicyclic amines) is 1. The molecule has 2 unspecified atom stereocenters. The average molecular weight is 298 g/mol. The molecule has 1 aliphatic rings. The van der Waals surface area contributed by atoms with Crippen LogP contribution in [0.2, 0.25) is 0 Å². The second-order valence-electron chi connectivity index (χ2n) is 6.82. The third-order valence-electron chi connectivity index (χ3n) is 4.51. The molecule has 0 radical (unpaired) electrons. The number of carboxylic acids is 1. The predicted molar refractivity (Wildman–Crippen MR) is 83.2 cm³/mol. The minimum Gasteiger partial charge on any atom is -0.481 e. The zero-order valence-electron chi connectivity index (χ0n) is 13.8. The molecule has 0 aromatic carbocycles. The molecule has 5 heteroatoms. The van der Waals surface area contributed by atoms with E-state index in [0.29, 0.717) is 11.8 Å². The minimum absolute atomic E-state index is 0.0220. The van der Waals surface area contributed by atoms with Gasteiger partial charge in [0.25, 0.3) is 0 Å². The molecule has 0 aromatic rings. The largest absolute Gasteiger partial charge is 0.481 e. The Balaban J connectivity index is 2.55. The highest BCUT2D eigenvalue weighted by Gasteiger charge is 2.25. The zero-order valence-corrected chi connectivity index (χ0v) is 13.8. The van der Waals surface area contributed by atoms with Gasteiger partial charge < -0.3 is 15.3 Å². The van der Waals surface area contributed by atoms with Gasteiger partial charge >= 0.3 is 12.0 Å². The second kappa shape index (κ2) is 8.25. The number of carbonyl (C=O) groups is 2. The van der Waals surface area contributed by atoms with Crippen molar-refractivity contribution in [3.05, 3.63) is 0 Å². The number of amides is 2. The first-order chi connectivity index (χ1) is 9.81. The Kier molecular flexibility index (Phi) is 6.99. The van der Waals surface area contributed by atoms with Gasteiger partial charge in [0, 0.05) is 19.1 Å². The van der Waals surface area contributed by atoms with E-state index in [1.54, 1.807) is 0 Å². The van der Waals surface area contributed by atoms with Crippen LogP contribution in [0.1, 0.15) is 53.4 Å². The quantitative estimate of drug-likeness (QED) is 0.820. The fourth-order valence-corrected chi connectivity index (χ4v) is 2.88. The Labute approximate surface area is 128 Å². The molecule has 1 aliphatic heterocycles. The number of rotatable bonds is 5. The van der Waals surface area contributed by atoms with Gasteiger partial charge in [0.2, 0.25) is 0 Å². The van der Waals surface area contributed by atoms with Crippen molar-refractivity contribution in [1.29, 1.82) is 0 Å². The molecule has 1 saturated heterocycles. The molecule has 0 spiro atoms. The summed E-state index contributed by atoms with van der Waals surface area (Å²) in [6, 6.07) is -0.418. The van der Waals surface area contributed by atoms with E-state index in [4.69, 9.17) is 5.11 Å². The van der Waals surface area contributed by atoms with Crippen LogP contribution in [0.15, 0.2) is 0 Å². The molecular weight excluding hydrogens is 268 g/mol. The van der Waals surface area contributed by atoms with E-state index in [2.05, 4.69) is 19.2 Å². The molecule has 2 N–H and O–H groups in total. The summed E-state index contributed by atoms with van der Waals surface area (Å²) in [6.07, 6.45) is 3.22. The molecule has 1 fully saturated rings. The summed E-state index contributed by atoms with van der Waals surface area (Å²) in [5, 5.41) is 11.8. The van der Waals surface area contributed by atoms with Crippen molar-refractivity contribution in [3.8, 4) is 0 Å². The monoisotopic (exact) mass is 298 g/mol. The SMILES string of the molecule is CC(C)C1CCCN(C(=O)NC(CC(=O)O)C(C)C)CC1. The molecule has 2 amide bonds. The number of aliphatic carboxylic acids is 1. The normalized spacial score (nSPS) is 21.2. The first-order valence-corrected chi connectivity index (χ1v) is 8.08. The van der Waals surface area contributed by atoms with Crippen molar-refractivity contribution in [1.82, 2.24) is 10.2 Å². The Hall–Kier alpha value is -1.26. The maximum atomic E-state index is 12.3. The summed E-state index contributed by atoms with van der Waals surface area (Å²) in [7, 11) is 0. The molecule has 5 nitrogen and oxygen atoms in total. The molecule has 21 heavy (non-hydrogen) atoms. The lowest BCUT2D eigenvalue weighted by molar-refractivity contribution is -0.137. The lowest BCUT2D eigenvalue weighted by Crippen LogP contribution is -2.47. The van der Waals surface area contributed by atoms with Crippen molar-refractivity contribution < 1.29 is 14.7 Å². The van der Waals surface area contributed by atoms with Crippen molar-refractivity contribution in [2.45, 2.75) is 59.4 Å². The minimum atomic E-state index is -0.871. The molecule has 0 bridgehead atoms. The van der Waals surface area contributed by atoms with Crippen LogP contribution < -0.4 is 5.32 Å². The molecule has 0 aliphatic carbocycles. The molecule has 1 heterocycles. The van der Waals surface area contributed by atoms with Gasteiger partial charge in [0.05, 0.1) is 6.42 Å².